The zero-order valence-corrected chi connectivity index (χ0v) is 12.7. The van der Waals surface area contributed by atoms with Crippen LogP contribution in [0.2, 0.25) is 0 Å². The third kappa shape index (κ3) is 2.69. The lowest BCUT2D eigenvalue weighted by Gasteiger charge is -2.26. The van der Waals surface area contributed by atoms with Gasteiger partial charge in [-0.3, -0.25) is 0 Å². The van der Waals surface area contributed by atoms with E-state index in [2.05, 4.69) is 54.7 Å². The van der Waals surface area contributed by atoms with Crippen molar-refractivity contribution in [3.05, 3.63) is 53.6 Å². The molecule has 3 heteroatoms. The zero-order valence-electron chi connectivity index (χ0n) is 11.8. The second-order valence-electron chi connectivity index (χ2n) is 5.05. The van der Waals surface area contributed by atoms with Crippen LogP contribution in [0.1, 0.15) is 23.6 Å². The molecule has 2 nitrogen and oxygen atoms in total. The van der Waals surface area contributed by atoms with Crippen molar-refractivity contribution in [2.24, 2.45) is 0 Å². The van der Waals surface area contributed by atoms with Crippen molar-refractivity contribution in [2.45, 2.75) is 29.2 Å². The number of hydrogen-bond acceptors (Lipinski definition) is 3. The van der Waals surface area contributed by atoms with Gasteiger partial charge in [0.05, 0.1) is 6.61 Å². The average molecular weight is 285 g/mol. The minimum absolute atomic E-state index is 0.413. The van der Waals surface area contributed by atoms with Gasteiger partial charge in [0.2, 0.25) is 0 Å². The van der Waals surface area contributed by atoms with Gasteiger partial charge in [-0.15, -0.1) is 0 Å². The molecule has 1 N–H and O–H groups in total. The molecule has 1 heterocycles. The Kier molecular flexibility index (Phi) is 3.99. The highest BCUT2D eigenvalue weighted by molar-refractivity contribution is 7.99. The van der Waals surface area contributed by atoms with Gasteiger partial charge in [-0.2, -0.15) is 0 Å². The topological polar surface area (TPSA) is 21.3 Å². The van der Waals surface area contributed by atoms with Gasteiger partial charge in [0.25, 0.3) is 0 Å². The van der Waals surface area contributed by atoms with Crippen molar-refractivity contribution in [1.29, 1.82) is 0 Å². The minimum Gasteiger partial charge on any atom is -0.493 e. The maximum Gasteiger partial charge on any atom is 0.125 e. The van der Waals surface area contributed by atoms with Crippen molar-refractivity contribution in [2.75, 3.05) is 13.7 Å². The summed E-state index contributed by atoms with van der Waals surface area (Å²) in [5, 5.41) is 3.35. The fourth-order valence-electron chi connectivity index (χ4n) is 2.53. The van der Waals surface area contributed by atoms with Crippen LogP contribution in [-0.4, -0.2) is 13.7 Å². The summed E-state index contributed by atoms with van der Waals surface area (Å²) >= 11 is 1.80. The molecule has 2 aromatic rings. The van der Waals surface area contributed by atoms with Crippen LogP contribution in [0.25, 0.3) is 0 Å². The van der Waals surface area contributed by atoms with E-state index in [0.717, 1.165) is 18.8 Å². The molecule has 0 bridgehead atoms. The summed E-state index contributed by atoms with van der Waals surface area (Å²) in [6.07, 6.45) is 1.04. The van der Waals surface area contributed by atoms with Crippen molar-refractivity contribution < 1.29 is 4.74 Å². The number of fused-ring (bicyclic) bond motifs is 1. The first-order valence-corrected chi connectivity index (χ1v) is 7.77. The van der Waals surface area contributed by atoms with Crippen LogP contribution in [0.15, 0.2) is 52.3 Å². The molecule has 1 atom stereocenters. The van der Waals surface area contributed by atoms with Crippen LogP contribution in [0, 0.1) is 6.92 Å². The van der Waals surface area contributed by atoms with Gasteiger partial charge in [0, 0.05) is 27.8 Å². The lowest BCUT2D eigenvalue weighted by atomic mass is 10.0. The Bertz CT molecular complexity index is 612. The van der Waals surface area contributed by atoms with Gasteiger partial charge in [-0.1, -0.05) is 36.0 Å². The fourth-order valence-corrected chi connectivity index (χ4v) is 3.46. The number of aryl methyl sites for hydroxylation is 1. The van der Waals surface area contributed by atoms with Gasteiger partial charge in [0.1, 0.15) is 5.75 Å². The van der Waals surface area contributed by atoms with E-state index in [4.69, 9.17) is 4.74 Å². The molecule has 0 spiro atoms. The monoisotopic (exact) mass is 285 g/mol. The largest absolute Gasteiger partial charge is 0.493 e. The minimum atomic E-state index is 0.413. The molecule has 0 saturated heterocycles. The van der Waals surface area contributed by atoms with Crippen LogP contribution in [-0.2, 0) is 0 Å². The second-order valence-corrected chi connectivity index (χ2v) is 6.16. The predicted octanol–water partition coefficient (Wildman–Crippen LogP) is 4.19. The number of rotatable bonds is 3. The number of benzene rings is 2. The molecule has 1 aliphatic heterocycles. The summed E-state index contributed by atoms with van der Waals surface area (Å²) < 4.78 is 5.81. The van der Waals surface area contributed by atoms with E-state index >= 15 is 0 Å². The highest BCUT2D eigenvalue weighted by Crippen LogP contribution is 2.37. The van der Waals surface area contributed by atoms with E-state index in [9.17, 15) is 0 Å². The third-order valence-corrected chi connectivity index (χ3v) is 4.86. The highest BCUT2D eigenvalue weighted by Gasteiger charge is 2.20. The van der Waals surface area contributed by atoms with Crippen molar-refractivity contribution >= 4 is 11.8 Å². The Labute approximate surface area is 124 Å². The van der Waals surface area contributed by atoms with Crippen LogP contribution < -0.4 is 10.1 Å². The van der Waals surface area contributed by atoms with Gasteiger partial charge in [-0.05, 0) is 37.7 Å². The average Bonchev–Trinajstić information content (AvgIpc) is 2.49. The molecule has 3 rings (SSSR count). The van der Waals surface area contributed by atoms with E-state index < -0.39 is 0 Å². The lowest BCUT2D eigenvalue weighted by Crippen LogP contribution is -2.23. The Morgan fingerprint density at radius 3 is 2.85 bits per heavy atom. The molecule has 0 aromatic heterocycles. The van der Waals surface area contributed by atoms with E-state index in [1.165, 1.54) is 20.9 Å². The molecule has 0 fully saturated rings. The molecule has 1 aliphatic rings. The summed E-state index contributed by atoms with van der Waals surface area (Å²) in [4.78, 5) is 2.53. The maximum atomic E-state index is 5.81. The maximum absolute atomic E-state index is 5.81. The Morgan fingerprint density at radius 2 is 2.05 bits per heavy atom. The molecule has 2 aromatic carbocycles. The summed E-state index contributed by atoms with van der Waals surface area (Å²) in [6, 6.07) is 15.4. The quantitative estimate of drug-likeness (QED) is 0.913. The van der Waals surface area contributed by atoms with Gasteiger partial charge >= 0.3 is 0 Å². The van der Waals surface area contributed by atoms with Crippen LogP contribution in [0.3, 0.4) is 0 Å². The molecule has 1 unspecified atom stereocenters. The van der Waals surface area contributed by atoms with Gasteiger partial charge in [0.15, 0.2) is 0 Å². The Hall–Kier alpha value is -1.45. The van der Waals surface area contributed by atoms with E-state index in [1.54, 1.807) is 11.8 Å². The zero-order chi connectivity index (χ0) is 13.9. The molecule has 0 saturated carbocycles. The van der Waals surface area contributed by atoms with Crippen LogP contribution in [0.4, 0.5) is 0 Å². The van der Waals surface area contributed by atoms with Crippen molar-refractivity contribution in [3.8, 4) is 5.75 Å². The molecule has 20 heavy (non-hydrogen) atoms. The standard InChI is InChI=1S/C17H19NOS/c1-12-5-3-4-6-17(12)20-13-7-8-14-15(18-2)9-10-19-16(14)11-13/h3-8,11,15,18H,9-10H2,1-2H3. The lowest BCUT2D eigenvalue weighted by molar-refractivity contribution is 0.257. The first kappa shape index (κ1) is 13.5. The van der Waals surface area contributed by atoms with E-state index in [1.807, 2.05) is 7.05 Å². The number of ether oxygens (including phenoxy) is 1. The van der Waals surface area contributed by atoms with Crippen molar-refractivity contribution in [3.63, 3.8) is 0 Å². The highest BCUT2D eigenvalue weighted by atomic mass is 32.2. The Balaban J connectivity index is 1.87. The molecule has 0 amide bonds. The molecule has 0 aliphatic carbocycles. The number of hydrogen-bond donors (Lipinski definition) is 1. The smallest absolute Gasteiger partial charge is 0.125 e. The summed E-state index contributed by atoms with van der Waals surface area (Å²) in [7, 11) is 2.01. The van der Waals surface area contributed by atoms with Crippen LogP contribution >= 0.6 is 11.8 Å². The fraction of sp³-hybridized carbons (Fsp3) is 0.294. The summed E-state index contributed by atoms with van der Waals surface area (Å²) in [6.45, 7) is 2.94. The molecular formula is C17H19NOS. The molecular weight excluding hydrogens is 266 g/mol. The SMILES string of the molecule is CNC1CCOc2cc(Sc3ccccc3C)ccc21. The number of nitrogens with one attached hydrogen (secondary N) is 1. The predicted molar refractivity (Wildman–Crippen MR) is 83.7 cm³/mol. The van der Waals surface area contributed by atoms with Crippen LogP contribution in [0.5, 0.6) is 5.75 Å². The van der Waals surface area contributed by atoms with E-state index in [-0.39, 0.29) is 0 Å². The normalized spacial score (nSPS) is 17.4. The summed E-state index contributed by atoms with van der Waals surface area (Å²) in [5.74, 6) is 1.02. The first-order valence-electron chi connectivity index (χ1n) is 6.95. The third-order valence-electron chi connectivity index (χ3n) is 3.69. The molecule has 0 radical (unpaired) electrons. The second kappa shape index (κ2) is 5.90. The first-order chi connectivity index (χ1) is 9.78. The van der Waals surface area contributed by atoms with Gasteiger partial charge in [-0.25, -0.2) is 0 Å². The Morgan fingerprint density at radius 1 is 1.20 bits per heavy atom. The van der Waals surface area contributed by atoms with E-state index in [0.29, 0.717) is 6.04 Å². The van der Waals surface area contributed by atoms with Gasteiger partial charge < -0.3 is 10.1 Å². The van der Waals surface area contributed by atoms with Crippen molar-refractivity contribution in [1.82, 2.24) is 5.32 Å². The summed E-state index contributed by atoms with van der Waals surface area (Å²) in [5.41, 5.74) is 2.58. The molecule has 104 valence electrons.